The summed E-state index contributed by atoms with van der Waals surface area (Å²) in [6.07, 6.45) is 4.06. The molecule has 2 saturated heterocycles. The van der Waals surface area contributed by atoms with Gasteiger partial charge in [-0.25, -0.2) is 0 Å². The number of likely N-dealkylation sites (tertiary alicyclic amines) is 2. The van der Waals surface area contributed by atoms with Gasteiger partial charge in [-0.2, -0.15) is 0 Å². The third kappa shape index (κ3) is 3.95. The Morgan fingerprint density at radius 2 is 1.92 bits per heavy atom. The summed E-state index contributed by atoms with van der Waals surface area (Å²) in [6, 6.07) is 7.23. The number of benzene rings is 1. The molecule has 1 aromatic carbocycles. The lowest BCUT2D eigenvalue weighted by atomic mass is 9.83. The average Bonchev–Trinajstić information content (AvgIpc) is 2.61. The van der Waals surface area contributed by atoms with Crippen molar-refractivity contribution in [3.63, 3.8) is 0 Å². The first-order valence-corrected chi connectivity index (χ1v) is 10.0. The maximum atomic E-state index is 5.76. The van der Waals surface area contributed by atoms with Crippen LogP contribution in [-0.2, 0) is 6.54 Å². The Labute approximate surface area is 152 Å². The molecule has 138 valence electrons. The van der Waals surface area contributed by atoms with E-state index in [0.29, 0.717) is 13.2 Å². The first-order chi connectivity index (χ1) is 12.2. The zero-order valence-electron chi connectivity index (χ0n) is 15.7. The number of hydrogen-bond acceptors (Lipinski definition) is 4. The predicted molar refractivity (Wildman–Crippen MR) is 100 cm³/mol. The van der Waals surface area contributed by atoms with E-state index in [1.54, 1.807) is 0 Å². The average molecular weight is 344 g/mol. The second-order valence-electron chi connectivity index (χ2n) is 8.36. The van der Waals surface area contributed by atoms with Gasteiger partial charge in [0.05, 0.1) is 0 Å². The highest BCUT2D eigenvalue weighted by molar-refractivity contribution is 5.43. The molecule has 0 N–H and O–H groups in total. The topological polar surface area (TPSA) is 24.9 Å². The van der Waals surface area contributed by atoms with Crippen LogP contribution in [0.2, 0.25) is 0 Å². The van der Waals surface area contributed by atoms with Gasteiger partial charge >= 0.3 is 0 Å². The zero-order valence-corrected chi connectivity index (χ0v) is 15.7. The maximum absolute atomic E-state index is 5.76. The summed E-state index contributed by atoms with van der Waals surface area (Å²) in [4.78, 5) is 5.42. The van der Waals surface area contributed by atoms with E-state index in [9.17, 15) is 0 Å². The van der Waals surface area contributed by atoms with E-state index < -0.39 is 0 Å². The van der Waals surface area contributed by atoms with Gasteiger partial charge in [0, 0.05) is 25.7 Å². The van der Waals surface area contributed by atoms with Crippen LogP contribution in [0.1, 0.15) is 38.7 Å². The molecule has 25 heavy (non-hydrogen) atoms. The van der Waals surface area contributed by atoms with E-state index in [2.05, 4.69) is 41.8 Å². The van der Waals surface area contributed by atoms with E-state index in [1.165, 1.54) is 51.0 Å². The monoisotopic (exact) mass is 344 g/mol. The first-order valence-electron chi connectivity index (χ1n) is 10.0. The van der Waals surface area contributed by atoms with Gasteiger partial charge in [0.15, 0.2) is 11.5 Å². The van der Waals surface area contributed by atoms with Crippen molar-refractivity contribution in [2.75, 3.05) is 39.4 Å². The van der Waals surface area contributed by atoms with Crippen molar-refractivity contribution in [3.05, 3.63) is 23.8 Å². The van der Waals surface area contributed by atoms with Crippen molar-refractivity contribution in [3.8, 4) is 11.5 Å². The Hall–Kier alpha value is -1.26. The zero-order chi connectivity index (χ0) is 17.2. The molecule has 0 aromatic heterocycles. The molecule has 4 rings (SSSR count). The Balaban J connectivity index is 1.41. The quantitative estimate of drug-likeness (QED) is 0.836. The van der Waals surface area contributed by atoms with Crippen LogP contribution < -0.4 is 9.47 Å². The molecule has 2 fully saturated rings. The van der Waals surface area contributed by atoms with Crippen molar-refractivity contribution < 1.29 is 9.47 Å². The second kappa shape index (κ2) is 7.55. The summed E-state index contributed by atoms with van der Waals surface area (Å²) in [5, 5.41) is 0. The maximum Gasteiger partial charge on any atom is 0.161 e. The van der Waals surface area contributed by atoms with Gasteiger partial charge in [0.25, 0.3) is 0 Å². The number of fused-ring (bicyclic) bond motifs is 2. The Bertz CT molecular complexity index is 589. The number of piperidine rings is 2. The summed E-state index contributed by atoms with van der Waals surface area (Å²) >= 11 is 0. The summed E-state index contributed by atoms with van der Waals surface area (Å²) < 4.78 is 11.4. The second-order valence-corrected chi connectivity index (χ2v) is 8.36. The summed E-state index contributed by atoms with van der Waals surface area (Å²) in [6.45, 7) is 12.1. The van der Waals surface area contributed by atoms with Crippen LogP contribution in [0.25, 0.3) is 0 Å². The minimum Gasteiger partial charge on any atom is -0.486 e. The Morgan fingerprint density at radius 3 is 2.76 bits per heavy atom. The van der Waals surface area contributed by atoms with Gasteiger partial charge in [0.1, 0.15) is 13.2 Å². The lowest BCUT2D eigenvalue weighted by Gasteiger charge is -2.47. The molecule has 4 heteroatoms. The minimum atomic E-state index is 0.662. The molecule has 0 bridgehead atoms. The lowest BCUT2D eigenvalue weighted by Crippen LogP contribution is -2.54. The summed E-state index contributed by atoms with van der Waals surface area (Å²) in [5.41, 5.74) is 1.36. The van der Waals surface area contributed by atoms with Gasteiger partial charge in [0.2, 0.25) is 0 Å². The van der Waals surface area contributed by atoms with E-state index in [1.807, 2.05) is 0 Å². The van der Waals surface area contributed by atoms with E-state index in [4.69, 9.17) is 9.47 Å². The summed E-state index contributed by atoms with van der Waals surface area (Å²) in [5.74, 6) is 3.44. The molecular formula is C21H32N2O2. The Kier molecular flexibility index (Phi) is 5.18. The van der Waals surface area contributed by atoms with Gasteiger partial charge in [-0.05, 0) is 61.9 Å². The predicted octanol–water partition coefficient (Wildman–Crippen LogP) is 3.40. The molecule has 0 aliphatic carbocycles. The van der Waals surface area contributed by atoms with Crippen LogP contribution in [-0.4, -0.2) is 55.2 Å². The van der Waals surface area contributed by atoms with E-state index in [0.717, 1.165) is 35.9 Å². The van der Waals surface area contributed by atoms with Gasteiger partial charge in [-0.1, -0.05) is 19.9 Å². The highest BCUT2D eigenvalue weighted by Crippen LogP contribution is 2.34. The third-order valence-corrected chi connectivity index (χ3v) is 5.88. The molecule has 1 aromatic rings. The number of ether oxygens (including phenoxy) is 2. The molecule has 3 aliphatic rings. The van der Waals surface area contributed by atoms with E-state index in [-0.39, 0.29) is 0 Å². The highest BCUT2D eigenvalue weighted by atomic mass is 16.6. The van der Waals surface area contributed by atoms with Crippen molar-refractivity contribution in [1.29, 1.82) is 0 Å². The van der Waals surface area contributed by atoms with Crippen molar-refractivity contribution in [2.24, 2.45) is 11.8 Å². The molecular weight excluding hydrogens is 312 g/mol. The van der Waals surface area contributed by atoms with Crippen LogP contribution in [0.3, 0.4) is 0 Å². The number of hydrogen-bond donors (Lipinski definition) is 0. The van der Waals surface area contributed by atoms with Gasteiger partial charge < -0.3 is 14.4 Å². The molecule has 0 unspecified atom stereocenters. The molecule has 2 atom stereocenters. The van der Waals surface area contributed by atoms with E-state index >= 15 is 0 Å². The first kappa shape index (κ1) is 17.2. The van der Waals surface area contributed by atoms with Crippen molar-refractivity contribution >= 4 is 0 Å². The fraction of sp³-hybridized carbons (Fsp3) is 0.714. The molecule has 0 saturated carbocycles. The molecule has 3 aliphatic heterocycles. The largest absolute Gasteiger partial charge is 0.486 e. The highest BCUT2D eigenvalue weighted by Gasteiger charge is 2.35. The van der Waals surface area contributed by atoms with Crippen LogP contribution in [0.4, 0.5) is 0 Å². The Morgan fingerprint density at radius 1 is 1.08 bits per heavy atom. The third-order valence-electron chi connectivity index (χ3n) is 5.88. The normalized spacial score (nSPS) is 27.3. The van der Waals surface area contributed by atoms with Crippen LogP contribution in [0.15, 0.2) is 18.2 Å². The lowest BCUT2D eigenvalue weighted by molar-refractivity contribution is 0.0148. The van der Waals surface area contributed by atoms with Crippen LogP contribution >= 0.6 is 0 Å². The van der Waals surface area contributed by atoms with Crippen molar-refractivity contribution in [2.45, 2.75) is 45.7 Å². The molecule has 0 amide bonds. The number of nitrogens with zero attached hydrogens (tertiary/aromatic N) is 2. The van der Waals surface area contributed by atoms with Crippen LogP contribution in [0, 0.1) is 11.8 Å². The molecule has 3 heterocycles. The van der Waals surface area contributed by atoms with Gasteiger partial charge in [-0.15, -0.1) is 0 Å². The molecule has 0 radical (unpaired) electrons. The fourth-order valence-electron chi connectivity index (χ4n) is 4.88. The molecule has 4 nitrogen and oxygen atoms in total. The number of rotatable bonds is 4. The standard InChI is InChI=1S/C21H32N2O2/c1-16(2)13-22-9-7-19-18(15-22)4-3-8-23(19)14-17-5-6-20-21(12-17)25-11-10-24-20/h5-6,12,16,18-19H,3-4,7-11,13-15H2,1-2H3/t18-,19+/m1/s1. The fourth-order valence-corrected chi connectivity index (χ4v) is 4.88. The van der Waals surface area contributed by atoms with Gasteiger partial charge in [-0.3, -0.25) is 4.90 Å². The molecule has 0 spiro atoms. The SMILES string of the molecule is CC(C)CN1CC[C@H]2[C@H](CCCN2Cc2ccc3c(c2)OCCO3)C1. The summed E-state index contributed by atoms with van der Waals surface area (Å²) in [7, 11) is 0. The van der Waals surface area contributed by atoms with Crippen LogP contribution in [0.5, 0.6) is 11.5 Å². The minimum absolute atomic E-state index is 0.662. The van der Waals surface area contributed by atoms with Crippen molar-refractivity contribution in [1.82, 2.24) is 9.80 Å². The smallest absolute Gasteiger partial charge is 0.161 e.